The molecule has 146 valence electrons. The molecule has 28 heavy (non-hydrogen) atoms. The van der Waals surface area contributed by atoms with Crippen LogP contribution in [-0.2, 0) is 14.3 Å². The number of rotatable bonds is 5. The summed E-state index contributed by atoms with van der Waals surface area (Å²) in [5.74, 6) is -1.07. The summed E-state index contributed by atoms with van der Waals surface area (Å²) >= 11 is 0. The number of anilines is 2. The molecule has 1 aliphatic rings. The summed E-state index contributed by atoms with van der Waals surface area (Å²) in [7, 11) is 0. The highest BCUT2D eigenvalue weighted by Gasteiger charge is 2.35. The summed E-state index contributed by atoms with van der Waals surface area (Å²) in [5.41, 5.74) is 4.00. The van der Waals surface area contributed by atoms with Gasteiger partial charge in [-0.2, -0.15) is 0 Å². The van der Waals surface area contributed by atoms with Crippen LogP contribution in [0.3, 0.4) is 0 Å². The number of amides is 2. The number of ether oxygens (including phenoxy) is 1. The third-order valence-corrected chi connectivity index (χ3v) is 4.68. The average Bonchev–Trinajstić information content (AvgIpc) is 3.04. The summed E-state index contributed by atoms with van der Waals surface area (Å²) in [5, 5.41) is 2.83. The molecule has 2 aromatic rings. The van der Waals surface area contributed by atoms with Gasteiger partial charge in [-0.05, 0) is 68.3 Å². The fraction of sp³-hybridized carbons (Fsp3) is 0.318. The first-order valence-electron chi connectivity index (χ1n) is 9.34. The van der Waals surface area contributed by atoms with Gasteiger partial charge in [0.2, 0.25) is 11.8 Å². The van der Waals surface area contributed by atoms with Crippen LogP contribution in [0.5, 0.6) is 0 Å². The van der Waals surface area contributed by atoms with Crippen molar-refractivity contribution in [1.82, 2.24) is 0 Å². The maximum absolute atomic E-state index is 12.6. The van der Waals surface area contributed by atoms with E-state index in [1.165, 1.54) is 0 Å². The van der Waals surface area contributed by atoms with Crippen molar-refractivity contribution in [2.75, 3.05) is 23.4 Å². The quantitative estimate of drug-likeness (QED) is 0.806. The molecule has 0 bridgehead atoms. The van der Waals surface area contributed by atoms with Crippen LogP contribution >= 0.6 is 0 Å². The van der Waals surface area contributed by atoms with Gasteiger partial charge in [-0.25, -0.2) is 4.79 Å². The molecule has 1 saturated heterocycles. The van der Waals surface area contributed by atoms with Crippen LogP contribution in [0, 0.1) is 19.8 Å². The zero-order chi connectivity index (χ0) is 20.3. The molecule has 2 amide bonds. The second kappa shape index (κ2) is 8.25. The highest BCUT2D eigenvalue weighted by molar-refractivity contribution is 6.03. The number of esters is 1. The van der Waals surface area contributed by atoms with E-state index in [9.17, 15) is 14.4 Å². The van der Waals surface area contributed by atoms with Crippen LogP contribution in [0.4, 0.5) is 11.4 Å². The lowest BCUT2D eigenvalue weighted by Gasteiger charge is -2.18. The number of nitrogens with one attached hydrogen (secondary N) is 1. The molecule has 0 saturated carbocycles. The van der Waals surface area contributed by atoms with Crippen molar-refractivity contribution >= 4 is 29.2 Å². The molecule has 0 unspecified atom stereocenters. The highest BCUT2D eigenvalue weighted by atomic mass is 16.5. The summed E-state index contributed by atoms with van der Waals surface area (Å²) in [4.78, 5) is 38.4. The van der Waals surface area contributed by atoms with Crippen LogP contribution in [-0.4, -0.2) is 30.9 Å². The second-order valence-electron chi connectivity index (χ2n) is 7.04. The molecule has 1 N–H and O–H groups in total. The fourth-order valence-corrected chi connectivity index (χ4v) is 3.39. The summed E-state index contributed by atoms with van der Waals surface area (Å²) in [6, 6.07) is 12.5. The first-order chi connectivity index (χ1) is 13.4. The van der Waals surface area contributed by atoms with Crippen LogP contribution in [0.2, 0.25) is 0 Å². The van der Waals surface area contributed by atoms with Crippen LogP contribution < -0.4 is 10.2 Å². The summed E-state index contributed by atoms with van der Waals surface area (Å²) in [6.45, 7) is 6.39. The lowest BCUT2D eigenvalue weighted by molar-refractivity contribution is -0.122. The molecule has 0 aliphatic carbocycles. The van der Waals surface area contributed by atoms with Crippen molar-refractivity contribution in [2.45, 2.75) is 27.2 Å². The van der Waals surface area contributed by atoms with Crippen molar-refractivity contribution in [3.8, 4) is 0 Å². The largest absolute Gasteiger partial charge is 0.462 e. The van der Waals surface area contributed by atoms with Crippen molar-refractivity contribution < 1.29 is 19.1 Å². The third kappa shape index (κ3) is 4.39. The SMILES string of the molecule is CCOC(=O)c1ccc(NC(=O)[C@H]2CC(=O)N(c3cc(C)cc(C)c3)C2)cc1. The van der Waals surface area contributed by atoms with Crippen molar-refractivity contribution in [3.63, 3.8) is 0 Å². The molecule has 6 nitrogen and oxygen atoms in total. The van der Waals surface area contributed by atoms with E-state index in [2.05, 4.69) is 5.32 Å². The zero-order valence-electron chi connectivity index (χ0n) is 16.3. The van der Waals surface area contributed by atoms with Crippen molar-refractivity contribution in [3.05, 3.63) is 59.2 Å². The molecule has 1 fully saturated rings. The van der Waals surface area contributed by atoms with E-state index in [0.717, 1.165) is 16.8 Å². The zero-order valence-corrected chi connectivity index (χ0v) is 16.3. The van der Waals surface area contributed by atoms with Gasteiger partial charge in [-0.3, -0.25) is 9.59 Å². The van der Waals surface area contributed by atoms with Gasteiger partial charge in [-0.1, -0.05) is 6.07 Å². The molecule has 1 aliphatic heterocycles. The first-order valence-corrected chi connectivity index (χ1v) is 9.34. The van der Waals surface area contributed by atoms with E-state index in [1.54, 1.807) is 36.1 Å². The molecule has 1 atom stereocenters. The second-order valence-corrected chi connectivity index (χ2v) is 7.04. The maximum Gasteiger partial charge on any atom is 0.338 e. The predicted molar refractivity (Wildman–Crippen MR) is 107 cm³/mol. The Labute approximate surface area is 164 Å². The van der Waals surface area contributed by atoms with E-state index in [4.69, 9.17) is 4.74 Å². The number of hydrogen-bond donors (Lipinski definition) is 1. The Hall–Kier alpha value is -3.15. The highest BCUT2D eigenvalue weighted by Crippen LogP contribution is 2.27. The Balaban J connectivity index is 1.65. The van der Waals surface area contributed by atoms with Crippen LogP contribution in [0.25, 0.3) is 0 Å². The van der Waals surface area contributed by atoms with Gasteiger partial charge in [-0.15, -0.1) is 0 Å². The van der Waals surface area contributed by atoms with Gasteiger partial charge in [0.1, 0.15) is 0 Å². The molecule has 0 spiro atoms. The molecule has 1 heterocycles. The van der Waals surface area contributed by atoms with E-state index in [1.807, 2.05) is 32.0 Å². The minimum atomic E-state index is -0.418. The Morgan fingerprint density at radius 3 is 2.36 bits per heavy atom. The lowest BCUT2D eigenvalue weighted by Crippen LogP contribution is -2.28. The normalized spacial score (nSPS) is 16.2. The van der Waals surface area contributed by atoms with Gasteiger partial charge in [0, 0.05) is 24.3 Å². The molecule has 3 rings (SSSR count). The Bertz CT molecular complexity index is 885. The lowest BCUT2D eigenvalue weighted by atomic mass is 10.1. The number of hydrogen-bond acceptors (Lipinski definition) is 4. The standard InChI is InChI=1S/C22H24N2O4/c1-4-28-22(27)16-5-7-18(8-6-16)23-21(26)17-12-20(25)24(13-17)19-10-14(2)9-15(3)11-19/h5-11,17H,4,12-13H2,1-3H3,(H,23,26)/t17-/m0/s1. The smallest absolute Gasteiger partial charge is 0.338 e. The van der Waals surface area contributed by atoms with Gasteiger partial charge in [0.05, 0.1) is 18.1 Å². The number of nitrogens with zero attached hydrogens (tertiary/aromatic N) is 1. The molecule has 6 heteroatoms. The predicted octanol–water partition coefficient (Wildman–Crippen LogP) is 3.47. The number of carbonyl (C=O) groups excluding carboxylic acids is 3. The van der Waals surface area contributed by atoms with Gasteiger partial charge in [0.15, 0.2) is 0 Å². The number of benzene rings is 2. The monoisotopic (exact) mass is 380 g/mol. The van der Waals surface area contributed by atoms with E-state index < -0.39 is 11.9 Å². The Morgan fingerprint density at radius 2 is 1.75 bits per heavy atom. The molecular weight excluding hydrogens is 356 g/mol. The average molecular weight is 380 g/mol. The molecule has 0 radical (unpaired) electrons. The molecule has 0 aromatic heterocycles. The van der Waals surface area contributed by atoms with Crippen LogP contribution in [0.15, 0.2) is 42.5 Å². The topological polar surface area (TPSA) is 75.7 Å². The number of aryl methyl sites for hydroxylation is 2. The Kier molecular flexibility index (Phi) is 5.78. The van der Waals surface area contributed by atoms with Gasteiger partial charge in [0.25, 0.3) is 0 Å². The van der Waals surface area contributed by atoms with E-state index in [0.29, 0.717) is 24.4 Å². The third-order valence-electron chi connectivity index (χ3n) is 4.68. The summed E-state index contributed by atoms with van der Waals surface area (Å²) in [6.07, 6.45) is 0.180. The van der Waals surface area contributed by atoms with Gasteiger partial charge >= 0.3 is 5.97 Å². The fourth-order valence-electron chi connectivity index (χ4n) is 3.39. The minimum absolute atomic E-state index is 0.0530. The maximum atomic E-state index is 12.6. The molecule has 2 aromatic carbocycles. The van der Waals surface area contributed by atoms with Gasteiger partial charge < -0.3 is 15.0 Å². The summed E-state index contributed by atoms with van der Waals surface area (Å²) < 4.78 is 4.94. The van der Waals surface area contributed by atoms with Crippen molar-refractivity contribution in [1.29, 1.82) is 0 Å². The minimum Gasteiger partial charge on any atom is -0.462 e. The van der Waals surface area contributed by atoms with E-state index >= 15 is 0 Å². The van der Waals surface area contributed by atoms with Crippen LogP contribution in [0.1, 0.15) is 34.8 Å². The van der Waals surface area contributed by atoms with E-state index in [-0.39, 0.29) is 18.2 Å². The molecular formula is C22H24N2O4. The first kappa shape index (κ1) is 19.6. The number of carbonyl (C=O) groups is 3. The Morgan fingerprint density at radius 1 is 1.11 bits per heavy atom. The van der Waals surface area contributed by atoms with Crippen molar-refractivity contribution in [2.24, 2.45) is 5.92 Å².